The Bertz CT molecular complexity index is 629. The Balaban J connectivity index is 1.84. The Morgan fingerprint density at radius 1 is 1.26 bits per heavy atom. The summed E-state index contributed by atoms with van der Waals surface area (Å²) in [6.45, 7) is 10.5. The topological polar surface area (TPSA) is 71.0 Å². The minimum absolute atomic E-state index is 0.0596. The van der Waals surface area contributed by atoms with Crippen LogP contribution in [0.4, 0.5) is 0 Å². The maximum Gasteiger partial charge on any atom is 0.208 e. The van der Waals surface area contributed by atoms with Gasteiger partial charge in [0, 0.05) is 11.2 Å². The molecule has 2 N–H and O–H groups in total. The van der Waals surface area contributed by atoms with E-state index in [0.29, 0.717) is 10.9 Å². The number of nitrogens with one attached hydrogen (secondary N) is 1. The normalized spacial score (nSPS) is 13.1. The first-order valence-corrected chi connectivity index (χ1v) is 8.68. The van der Waals surface area contributed by atoms with E-state index in [1.165, 1.54) is 11.8 Å². The first kappa shape index (κ1) is 17.8. The Morgan fingerprint density at radius 3 is 2.48 bits per heavy atom. The maximum atomic E-state index is 10.1. The van der Waals surface area contributed by atoms with Gasteiger partial charge in [0.05, 0.1) is 6.10 Å². The zero-order chi connectivity index (χ0) is 17.0. The van der Waals surface area contributed by atoms with Crippen LogP contribution in [-0.4, -0.2) is 38.8 Å². The van der Waals surface area contributed by atoms with E-state index in [2.05, 4.69) is 36.0 Å². The molecule has 0 fully saturated rings. The average molecular weight is 335 g/mol. The van der Waals surface area contributed by atoms with Crippen molar-refractivity contribution in [1.82, 2.24) is 15.2 Å². The van der Waals surface area contributed by atoms with Gasteiger partial charge in [0.1, 0.15) is 18.2 Å². The molecule has 1 atom stereocenters. The number of nitrogens with zero attached hydrogens (tertiary/aromatic N) is 2. The van der Waals surface area contributed by atoms with Crippen LogP contribution in [0.5, 0.6) is 5.75 Å². The van der Waals surface area contributed by atoms with Crippen molar-refractivity contribution < 1.29 is 9.84 Å². The molecule has 2 rings (SSSR count). The molecule has 6 heteroatoms. The summed E-state index contributed by atoms with van der Waals surface area (Å²) >= 11 is 1.43. The number of hydrogen-bond acceptors (Lipinski definition) is 5. The van der Waals surface area contributed by atoms with Gasteiger partial charge in [-0.15, -0.1) is 5.10 Å². The predicted octanol–water partition coefficient (Wildman–Crippen LogP) is 3.25. The summed E-state index contributed by atoms with van der Waals surface area (Å²) < 4.78 is 5.77. The summed E-state index contributed by atoms with van der Waals surface area (Å²) in [5, 5.41) is 17.9. The molecule has 0 unspecified atom stereocenters. The molecule has 1 aromatic heterocycles. The summed E-state index contributed by atoms with van der Waals surface area (Å²) in [4.78, 5) is 4.44. The van der Waals surface area contributed by atoms with Gasteiger partial charge in [-0.1, -0.05) is 50.7 Å². The quantitative estimate of drug-likeness (QED) is 0.793. The SMILES string of the molecule is Cc1cccc(C)c1OC[C@@H](O)CSc1n[nH]c(C(C)(C)C)n1. The molecule has 0 saturated heterocycles. The molecule has 0 bridgehead atoms. The van der Waals surface area contributed by atoms with Crippen LogP contribution in [0.3, 0.4) is 0 Å². The van der Waals surface area contributed by atoms with Crippen LogP contribution in [0.15, 0.2) is 23.4 Å². The van der Waals surface area contributed by atoms with Gasteiger partial charge < -0.3 is 9.84 Å². The zero-order valence-electron chi connectivity index (χ0n) is 14.4. The van der Waals surface area contributed by atoms with E-state index < -0.39 is 6.10 Å². The summed E-state index contributed by atoms with van der Waals surface area (Å²) in [6, 6.07) is 6.01. The molecular formula is C17H25N3O2S. The number of aromatic amines is 1. The number of aliphatic hydroxyl groups excluding tert-OH is 1. The molecular weight excluding hydrogens is 310 g/mol. The Hall–Kier alpha value is -1.53. The predicted molar refractivity (Wildman–Crippen MR) is 93.2 cm³/mol. The number of benzene rings is 1. The number of para-hydroxylation sites is 1. The molecule has 5 nitrogen and oxygen atoms in total. The van der Waals surface area contributed by atoms with E-state index in [-0.39, 0.29) is 12.0 Å². The van der Waals surface area contributed by atoms with Crippen molar-refractivity contribution in [3.05, 3.63) is 35.2 Å². The lowest BCUT2D eigenvalue weighted by Crippen LogP contribution is -2.20. The summed E-state index contributed by atoms with van der Waals surface area (Å²) in [5.41, 5.74) is 2.10. The third-order valence-electron chi connectivity index (χ3n) is 3.41. The zero-order valence-corrected chi connectivity index (χ0v) is 15.2. The highest BCUT2D eigenvalue weighted by atomic mass is 32.2. The largest absolute Gasteiger partial charge is 0.490 e. The molecule has 0 aliphatic carbocycles. The highest BCUT2D eigenvalue weighted by molar-refractivity contribution is 7.99. The van der Waals surface area contributed by atoms with Crippen molar-refractivity contribution >= 4 is 11.8 Å². The van der Waals surface area contributed by atoms with Crippen LogP contribution < -0.4 is 4.74 Å². The Kier molecular flexibility index (Phi) is 5.70. The molecule has 2 aromatic rings. The summed E-state index contributed by atoms with van der Waals surface area (Å²) in [7, 11) is 0. The number of aromatic nitrogens is 3. The van der Waals surface area contributed by atoms with Gasteiger partial charge >= 0.3 is 0 Å². The smallest absolute Gasteiger partial charge is 0.208 e. The molecule has 1 heterocycles. The lowest BCUT2D eigenvalue weighted by Gasteiger charge is -2.15. The van der Waals surface area contributed by atoms with Crippen molar-refractivity contribution in [2.75, 3.05) is 12.4 Å². The monoisotopic (exact) mass is 335 g/mol. The number of hydrogen-bond donors (Lipinski definition) is 2. The van der Waals surface area contributed by atoms with E-state index in [0.717, 1.165) is 22.7 Å². The van der Waals surface area contributed by atoms with Gasteiger partial charge in [-0.3, -0.25) is 5.10 Å². The van der Waals surface area contributed by atoms with Crippen molar-refractivity contribution in [3.63, 3.8) is 0 Å². The third kappa shape index (κ3) is 4.97. The molecule has 0 amide bonds. The van der Waals surface area contributed by atoms with Gasteiger partial charge in [0.25, 0.3) is 0 Å². The minimum Gasteiger partial charge on any atom is -0.490 e. The summed E-state index contributed by atoms with van der Waals surface area (Å²) in [5.74, 6) is 2.19. The molecule has 0 saturated carbocycles. The van der Waals surface area contributed by atoms with E-state index in [1.54, 1.807) is 0 Å². The van der Waals surface area contributed by atoms with Gasteiger partial charge in [0.2, 0.25) is 5.16 Å². The summed E-state index contributed by atoms with van der Waals surface area (Å²) in [6.07, 6.45) is -0.574. The Morgan fingerprint density at radius 2 is 1.91 bits per heavy atom. The standard InChI is InChI=1S/C17H25N3O2S/c1-11-7-6-8-12(2)14(11)22-9-13(21)10-23-16-18-15(19-20-16)17(3,4)5/h6-8,13,21H,9-10H2,1-5H3,(H,18,19,20)/t13-/m1/s1. The van der Waals surface area contributed by atoms with Crippen LogP contribution in [0.2, 0.25) is 0 Å². The number of thioether (sulfide) groups is 1. The van der Waals surface area contributed by atoms with Crippen molar-refractivity contribution in [1.29, 1.82) is 0 Å². The highest BCUT2D eigenvalue weighted by Crippen LogP contribution is 2.24. The van der Waals surface area contributed by atoms with Crippen molar-refractivity contribution in [3.8, 4) is 5.75 Å². The van der Waals surface area contributed by atoms with E-state index >= 15 is 0 Å². The molecule has 0 aliphatic rings. The number of rotatable bonds is 6. The molecule has 1 aromatic carbocycles. The number of aliphatic hydroxyl groups is 1. The third-order valence-corrected chi connectivity index (χ3v) is 4.40. The molecule has 0 aliphatic heterocycles. The van der Waals surface area contributed by atoms with Gasteiger partial charge in [-0.25, -0.2) is 4.98 Å². The lowest BCUT2D eigenvalue weighted by atomic mass is 9.96. The Labute approximate surface area is 141 Å². The minimum atomic E-state index is -0.574. The van der Waals surface area contributed by atoms with Crippen LogP contribution in [0, 0.1) is 13.8 Å². The molecule has 0 radical (unpaired) electrons. The second-order valence-electron chi connectivity index (χ2n) is 6.71. The fourth-order valence-corrected chi connectivity index (χ4v) is 2.78. The van der Waals surface area contributed by atoms with Gasteiger partial charge in [-0.05, 0) is 25.0 Å². The molecule has 126 valence electrons. The van der Waals surface area contributed by atoms with Gasteiger partial charge in [0.15, 0.2) is 0 Å². The van der Waals surface area contributed by atoms with Crippen LogP contribution in [0.25, 0.3) is 0 Å². The van der Waals surface area contributed by atoms with Crippen LogP contribution in [-0.2, 0) is 5.41 Å². The van der Waals surface area contributed by atoms with Crippen LogP contribution >= 0.6 is 11.8 Å². The highest BCUT2D eigenvalue weighted by Gasteiger charge is 2.19. The lowest BCUT2D eigenvalue weighted by molar-refractivity contribution is 0.125. The van der Waals surface area contributed by atoms with E-state index in [9.17, 15) is 5.11 Å². The molecule has 0 spiro atoms. The second-order valence-corrected chi connectivity index (χ2v) is 7.70. The van der Waals surface area contributed by atoms with Gasteiger partial charge in [-0.2, -0.15) is 0 Å². The molecule has 23 heavy (non-hydrogen) atoms. The van der Waals surface area contributed by atoms with E-state index in [4.69, 9.17) is 4.74 Å². The maximum absolute atomic E-state index is 10.1. The first-order chi connectivity index (χ1) is 10.8. The number of aryl methyl sites for hydroxylation is 2. The second kappa shape index (κ2) is 7.36. The fourth-order valence-electron chi connectivity index (χ4n) is 2.07. The number of ether oxygens (including phenoxy) is 1. The van der Waals surface area contributed by atoms with Crippen molar-refractivity contribution in [2.45, 2.75) is 51.3 Å². The van der Waals surface area contributed by atoms with Crippen molar-refractivity contribution in [2.24, 2.45) is 0 Å². The number of H-pyrrole nitrogens is 1. The van der Waals surface area contributed by atoms with Crippen LogP contribution in [0.1, 0.15) is 37.7 Å². The fraction of sp³-hybridized carbons (Fsp3) is 0.529. The first-order valence-electron chi connectivity index (χ1n) is 7.70. The van der Waals surface area contributed by atoms with E-state index in [1.807, 2.05) is 32.0 Å². The average Bonchev–Trinajstić information content (AvgIpc) is 2.93.